The summed E-state index contributed by atoms with van der Waals surface area (Å²) in [6.07, 6.45) is 53.5. The number of nitrogens with one attached hydrogen (secondary N) is 2. The highest BCUT2D eigenvalue weighted by Crippen LogP contribution is 2.25. The normalized spacial score (nSPS) is 11.5. The first-order valence-electron chi connectivity index (χ1n) is 26.1. The number of carbonyl (C=O) groups is 2. The molecule has 1 atom stereocenters. The fourth-order valence-electron chi connectivity index (χ4n) is 8.72. The number of nitrogens with zero attached hydrogens (tertiary/aromatic N) is 3. The minimum absolute atomic E-state index is 0.250. The molecule has 0 bridgehead atoms. The van der Waals surface area contributed by atoms with E-state index in [9.17, 15) is 0 Å². The first-order chi connectivity index (χ1) is 30.0. The van der Waals surface area contributed by atoms with Crippen LogP contribution in [0.1, 0.15) is 252 Å². The Bertz CT molecular complexity index is 980. The Labute approximate surface area is 378 Å². The molecule has 61 heavy (non-hydrogen) atoms. The lowest BCUT2D eigenvalue weighted by Crippen LogP contribution is -2.28. The van der Waals surface area contributed by atoms with Crippen molar-refractivity contribution in [3.63, 3.8) is 0 Å². The van der Waals surface area contributed by atoms with Crippen LogP contribution in [0, 0.1) is 11.8 Å². The van der Waals surface area contributed by atoms with Crippen molar-refractivity contribution in [3.05, 3.63) is 12.5 Å². The molecular formula is C52H103N5O4. The molecule has 360 valence electrons. The lowest BCUT2D eigenvalue weighted by Gasteiger charge is -2.23. The van der Waals surface area contributed by atoms with Crippen LogP contribution in [0.4, 0.5) is 11.5 Å². The molecule has 0 spiro atoms. The summed E-state index contributed by atoms with van der Waals surface area (Å²) >= 11 is 0. The summed E-state index contributed by atoms with van der Waals surface area (Å²) < 4.78 is 0. The number of carboxylic acid groups (broad SMARTS) is 2. The molecule has 1 aromatic rings. The number of aromatic nitrogens is 2. The predicted molar refractivity (Wildman–Crippen MR) is 265 cm³/mol. The molecule has 0 saturated carbocycles. The van der Waals surface area contributed by atoms with E-state index in [1.165, 1.54) is 238 Å². The molecule has 0 aliphatic heterocycles. The molecule has 9 heteroatoms. The summed E-state index contributed by atoms with van der Waals surface area (Å²) in [6.45, 7) is 13.6. The largest absolute Gasteiger partial charge is 0.483 e. The van der Waals surface area contributed by atoms with Gasteiger partial charge in [-0.2, -0.15) is 0 Å². The minimum Gasteiger partial charge on any atom is -0.483 e. The van der Waals surface area contributed by atoms with E-state index in [2.05, 4.69) is 53.2 Å². The van der Waals surface area contributed by atoms with Crippen LogP contribution < -0.4 is 10.6 Å². The Kier molecular flexibility index (Phi) is 51.6. The minimum atomic E-state index is -0.250. The molecule has 1 rings (SSSR count). The van der Waals surface area contributed by atoms with Gasteiger partial charge >= 0.3 is 0 Å². The van der Waals surface area contributed by atoms with E-state index in [0.29, 0.717) is 0 Å². The second kappa shape index (κ2) is 51.9. The van der Waals surface area contributed by atoms with Crippen molar-refractivity contribution in [2.45, 2.75) is 252 Å². The summed E-state index contributed by atoms with van der Waals surface area (Å²) in [5.41, 5.74) is 0.975. The highest BCUT2D eigenvalue weighted by atomic mass is 16.3. The van der Waals surface area contributed by atoms with Crippen molar-refractivity contribution in [2.24, 2.45) is 11.8 Å². The van der Waals surface area contributed by atoms with Gasteiger partial charge in [-0.1, -0.05) is 233 Å². The van der Waals surface area contributed by atoms with E-state index >= 15 is 0 Å². The third-order valence-electron chi connectivity index (χ3n) is 12.6. The summed E-state index contributed by atoms with van der Waals surface area (Å²) in [5, 5.41) is 20.5. The topological polar surface area (TPSA) is 128 Å². The molecule has 1 aromatic heterocycles. The van der Waals surface area contributed by atoms with Gasteiger partial charge < -0.3 is 25.7 Å². The maximum absolute atomic E-state index is 8.36. The number of hydrogen-bond acceptors (Lipinski definition) is 7. The zero-order valence-electron chi connectivity index (χ0n) is 41.1. The highest BCUT2D eigenvalue weighted by molar-refractivity contribution is 5.62. The van der Waals surface area contributed by atoms with Crippen LogP contribution in [-0.4, -0.2) is 71.3 Å². The molecule has 4 N–H and O–H groups in total. The highest BCUT2D eigenvalue weighted by Gasteiger charge is 2.11. The molecule has 0 amide bonds. The standard InChI is InChI=1S/C50H99N5.2CH2O2/c1-6-10-13-16-21-28-36-47(9-4)37-29-24-19-26-33-42-55(44-35-41-53-50-49(51-5)45-52-46-54-50)43-34-27-20-25-32-40-48(38-30-22-17-14-11-7-2)39-31-23-18-15-12-8-3;2*2-1-3/h45-48,51H,6-44H2,1-5H3,(H,52,53,54);2*1H,(H,2,3). The van der Waals surface area contributed by atoms with Crippen LogP contribution in [0.5, 0.6) is 0 Å². The average Bonchev–Trinajstić information content (AvgIpc) is 3.27. The van der Waals surface area contributed by atoms with E-state index in [-0.39, 0.29) is 12.9 Å². The van der Waals surface area contributed by atoms with E-state index in [1.807, 2.05) is 13.2 Å². The maximum atomic E-state index is 8.36. The van der Waals surface area contributed by atoms with Gasteiger partial charge in [0.1, 0.15) is 6.33 Å². The van der Waals surface area contributed by atoms with Crippen molar-refractivity contribution in [1.29, 1.82) is 0 Å². The Hall–Kier alpha value is -2.42. The molecule has 0 aliphatic carbocycles. The van der Waals surface area contributed by atoms with Crippen LogP contribution in [-0.2, 0) is 9.59 Å². The van der Waals surface area contributed by atoms with Crippen molar-refractivity contribution >= 4 is 24.4 Å². The summed E-state index contributed by atoms with van der Waals surface area (Å²) in [6, 6.07) is 0. The van der Waals surface area contributed by atoms with Crippen LogP contribution >= 0.6 is 0 Å². The molecule has 0 radical (unpaired) electrons. The summed E-state index contributed by atoms with van der Waals surface area (Å²) in [4.78, 5) is 28.1. The van der Waals surface area contributed by atoms with Gasteiger partial charge in [-0.15, -0.1) is 0 Å². The van der Waals surface area contributed by atoms with Gasteiger partial charge in [0.2, 0.25) is 0 Å². The third-order valence-corrected chi connectivity index (χ3v) is 12.6. The van der Waals surface area contributed by atoms with Gasteiger partial charge in [0.25, 0.3) is 12.9 Å². The van der Waals surface area contributed by atoms with E-state index in [0.717, 1.165) is 36.3 Å². The fourth-order valence-corrected chi connectivity index (χ4v) is 8.72. The Balaban J connectivity index is 0. The molecule has 1 unspecified atom stereocenters. The molecule has 0 aliphatic rings. The second-order valence-electron chi connectivity index (χ2n) is 17.8. The molecular weight excluding hydrogens is 759 g/mol. The SMILES string of the molecule is CCCCCCCCC(CC)CCCCCCCN(CCCCCCCC(CCCCCCCC)CCCCCCCC)CCCNc1ncncc1NC.O=CO.O=CO. The number of unbranched alkanes of at least 4 members (excludes halogenated alkanes) is 23. The van der Waals surface area contributed by atoms with Gasteiger partial charge in [-0.3, -0.25) is 9.59 Å². The number of anilines is 2. The molecule has 0 aromatic carbocycles. The van der Waals surface area contributed by atoms with Gasteiger partial charge in [0.05, 0.1) is 11.9 Å². The van der Waals surface area contributed by atoms with Crippen molar-refractivity contribution in [3.8, 4) is 0 Å². The Morgan fingerprint density at radius 1 is 0.525 bits per heavy atom. The van der Waals surface area contributed by atoms with Crippen molar-refractivity contribution in [1.82, 2.24) is 14.9 Å². The zero-order chi connectivity index (χ0) is 45.1. The summed E-state index contributed by atoms with van der Waals surface area (Å²) in [5.74, 6) is 2.88. The monoisotopic (exact) mass is 862 g/mol. The first kappa shape index (κ1) is 60.7. The maximum Gasteiger partial charge on any atom is 0.290 e. The Morgan fingerprint density at radius 2 is 0.869 bits per heavy atom. The van der Waals surface area contributed by atoms with Crippen LogP contribution in [0.25, 0.3) is 0 Å². The van der Waals surface area contributed by atoms with Crippen LogP contribution in [0.15, 0.2) is 12.5 Å². The predicted octanol–water partition coefficient (Wildman–Crippen LogP) is 15.6. The van der Waals surface area contributed by atoms with Crippen LogP contribution in [0.3, 0.4) is 0 Å². The average molecular weight is 862 g/mol. The van der Waals surface area contributed by atoms with Gasteiger partial charge in [0.15, 0.2) is 5.82 Å². The fraction of sp³-hybridized carbons (Fsp3) is 0.885. The van der Waals surface area contributed by atoms with Crippen molar-refractivity contribution in [2.75, 3.05) is 43.9 Å². The molecule has 1 heterocycles. The van der Waals surface area contributed by atoms with E-state index < -0.39 is 0 Å². The van der Waals surface area contributed by atoms with Gasteiger partial charge in [-0.05, 0) is 50.7 Å². The van der Waals surface area contributed by atoms with Gasteiger partial charge in [0, 0.05) is 13.6 Å². The lowest BCUT2D eigenvalue weighted by molar-refractivity contribution is -0.123. The summed E-state index contributed by atoms with van der Waals surface area (Å²) in [7, 11) is 1.94. The second-order valence-corrected chi connectivity index (χ2v) is 17.8. The molecule has 0 saturated heterocycles. The van der Waals surface area contributed by atoms with Gasteiger partial charge in [-0.25, -0.2) is 9.97 Å². The Morgan fingerprint density at radius 3 is 1.25 bits per heavy atom. The first-order valence-corrected chi connectivity index (χ1v) is 26.1. The van der Waals surface area contributed by atoms with Crippen LogP contribution in [0.2, 0.25) is 0 Å². The number of rotatable bonds is 44. The zero-order valence-corrected chi connectivity index (χ0v) is 41.1. The van der Waals surface area contributed by atoms with E-state index in [4.69, 9.17) is 19.8 Å². The number of hydrogen-bond donors (Lipinski definition) is 4. The van der Waals surface area contributed by atoms with Crippen molar-refractivity contribution < 1.29 is 19.8 Å². The third kappa shape index (κ3) is 44.0. The molecule has 9 nitrogen and oxygen atoms in total. The lowest BCUT2D eigenvalue weighted by atomic mass is 9.89. The quantitative estimate of drug-likeness (QED) is 0.0374. The molecule has 0 fully saturated rings. The van der Waals surface area contributed by atoms with E-state index in [1.54, 1.807) is 6.33 Å². The smallest absolute Gasteiger partial charge is 0.290 e.